The molecule has 0 amide bonds. The van der Waals surface area contributed by atoms with Gasteiger partial charge < -0.3 is 10.4 Å². The Bertz CT molecular complexity index is 339. The molecule has 1 heterocycles. The Morgan fingerprint density at radius 1 is 1.19 bits per heavy atom. The van der Waals surface area contributed by atoms with Gasteiger partial charge in [-0.25, -0.2) is 0 Å². The first-order valence-corrected chi connectivity index (χ1v) is 6.33. The number of benzene rings is 1. The van der Waals surface area contributed by atoms with E-state index in [0.29, 0.717) is 6.04 Å². The highest BCUT2D eigenvalue weighted by Crippen LogP contribution is 2.38. The molecule has 1 aliphatic carbocycles. The van der Waals surface area contributed by atoms with Crippen LogP contribution in [0.15, 0.2) is 30.3 Å². The van der Waals surface area contributed by atoms with Crippen molar-refractivity contribution in [1.29, 1.82) is 0 Å². The quantitative estimate of drug-likeness (QED) is 0.796. The molecule has 1 aliphatic heterocycles. The summed E-state index contributed by atoms with van der Waals surface area (Å²) in [5.41, 5.74) is 1.04. The normalized spacial score (nSPS) is 34.9. The summed E-state index contributed by atoms with van der Waals surface area (Å²) < 4.78 is 0. The van der Waals surface area contributed by atoms with Crippen LogP contribution >= 0.6 is 0 Å². The van der Waals surface area contributed by atoms with Gasteiger partial charge in [-0.15, -0.1) is 0 Å². The van der Waals surface area contributed by atoms with E-state index in [1.165, 1.54) is 19.3 Å². The Balaban J connectivity index is 1.71. The van der Waals surface area contributed by atoms with Gasteiger partial charge in [0.05, 0.1) is 6.10 Å². The number of aliphatic hydroxyl groups excluding tert-OH is 1. The van der Waals surface area contributed by atoms with Gasteiger partial charge in [0.15, 0.2) is 0 Å². The van der Waals surface area contributed by atoms with E-state index < -0.39 is 0 Å². The molecule has 1 saturated heterocycles. The van der Waals surface area contributed by atoms with E-state index in [1.807, 2.05) is 30.3 Å². The predicted octanol–water partition coefficient (Wildman–Crippen LogP) is 2.25. The summed E-state index contributed by atoms with van der Waals surface area (Å²) in [4.78, 5) is 0. The molecule has 2 nitrogen and oxygen atoms in total. The van der Waals surface area contributed by atoms with Crippen molar-refractivity contribution < 1.29 is 5.11 Å². The van der Waals surface area contributed by atoms with Crippen LogP contribution in [0.2, 0.25) is 0 Å². The summed E-state index contributed by atoms with van der Waals surface area (Å²) in [6.45, 7) is 0. The first-order valence-electron chi connectivity index (χ1n) is 6.33. The first kappa shape index (κ1) is 10.3. The molecule has 1 aromatic carbocycles. The molecule has 0 spiro atoms. The molecule has 3 unspecified atom stereocenters. The highest BCUT2D eigenvalue weighted by atomic mass is 16.3. The topological polar surface area (TPSA) is 32.3 Å². The van der Waals surface area contributed by atoms with E-state index >= 15 is 0 Å². The van der Waals surface area contributed by atoms with Crippen molar-refractivity contribution in [3.63, 3.8) is 0 Å². The molecule has 2 N–H and O–H groups in total. The lowest BCUT2D eigenvalue weighted by molar-refractivity contribution is 0.133. The molecule has 4 atom stereocenters. The second-order valence-electron chi connectivity index (χ2n) is 5.16. The van der Waals surface area contributed by atoms with Crippen LogP contribution in [0.4, 0.5) is 0 Å². The molecule has 1 aromatic rings. The van der Waals surface area contributed by atoms with Gasteiger partial charge >= 0.3 is 0 Å². The van der Waals surface area contributed by atoms with E-state index in [1.54, 1.807) is 0 Å². The fraction of sp³-hybridized carbons (Fsp3) is 0.571. The van der Waals surface area contributed by atoms with Gasteiger partial charge in [0.25, 0.3) is 0 Å². The van der Waals surface area contributed by atoms with E-state index in [4.69, 9.17) is 0 Å². The fourth-order valence-electron chi connectivity index (χ4n) is 3.31. The Hall–Kier alpha value is -0.860. The third kappa shape index (κ3) is 1.76. The Morgan fingerprint density at radius 3 is 2.75 bits per heavy atom. The van der Waals surface area contributed by atoms with Crippen LogP contribution in [0.1, 0.15) is 37.4 Å². The number of hydrogen-bond donors (Lipinski definition) is 2. The lowest BCUT2D eigenvalue weighted by Gasteiger charge is -2.20. The molecular formula is C14H19NO. The molecule has 0 radical (unpaired) electrons. The number of hydrogen-bond acceptors (Lipinski definition) is 2. The molecular weight excluding hydrogens is 198 g/mol. The van der Waals surface area contributed by atoms with Crippen molar-refractivity contribution in [1.82, 2.24) is 5.32 Å². The first-order chi connectivity index (χ1) is 7.84. The van der Waals surface area contributed by atoms with Crippen molar-refractivity contribution in [3.8, 4) is 0 Å². The fourth-order valence-corrected chi connectivity index (χ4v) is 3.31. The summed E-state index contributed by atoms with van der Waals surface area (Å²) in [7, 11) is 0. The van der Waals surface area contributed by atoms with Crippen LogP contribution in [0, 0.1) is 5.92 Å². The van der Waals surface area contributed by atoms with Crippen LogP contribution in [0.3, 0.4) is 0 Å². The van der Waals surface area contributed by atoms with Gasteiger partial charge in [0, 0.05) is 12.1 Å². The summed E-state index contributed by atoms with van der Waals surface area (Å²) in [5.74, 6) is 0.809. The maximum atomic E-state index is 10.3. The van der Waals surface area contributed by atoms with E-state index in [2.05, 4.69) is 5.32 Å². The zero-order chi connectivity index (χ0) is 11.0. The summed E-state index contributed by atoms with van der Waals surface area (Å²) in [6.07, 6.45) is 4.79. The largest absolute Gasteiger partial charge is 0.387 e. The molecule has 2 aliphatic rings. The average molecular weight is 217 g/mol. The van der Waals surface area contributed by atoms with Crippen molar-refractivity contribution >= 4 is 0 Å². The van der Waals surface area contributed by atoms with E-state index in [0.717, 1.165) is 17.9 Å². The summed E-state index contributed by atoms with van der Waals surface area (Å²) >= 11 is 0. The van der Waals surface area contributed by atoms with Gasteiger partial charge in [0.1, 0.15) is 0 Å². The second kappa shape index (κ2) is 4.19. The molecule has 16 heavy (non-hydrogen) atoms. The summed E-state index contributed by atoms with van der Waals surface area (Å²) in [6, 6.07) is 10.9. The predicted molar refractivity (Wildman–Crippen MR) is 64.1 cm³/mol. The van der Waals surface area contributed by atoms with Crippen LogP contribution < -0.4 is 5.32 Å². The number of nitrogens with one attached hydrogen (secondary N) is 1. The van der Waals surface area contributed by atoms with Crippen molar-refractivity contribution in [2.45, 2.75) is 43.9 Å². The Kier molecular flexibility index (Phi) is 2.70. The van der Waals surface area contributed by atoms with Crippen LogP contribution in [-0.4, -0.2) is 17.2 Å². The van der Waals surface area contributed by atoms with Gasteiger partial charge in [0.2, 0.25) is 0 Å². The number of rotatable bonds is 2. The zero-order valence-corrected chi connectivity index (χ0v) is 9.47. The number of aliphatic hydroxyl groups is 1. The van der Waals surface area contributed by atoms with Crippen molar-refractivity contribution in [2.75, 3.05) is 0 Å². The highest BCUT2D eigenvalue weighted by Gasteiger charge is 2.39. The third-order valence-electron chi connectivity index (χ3n) is 4.17. The average Bonchev–Trinajstić information content (AvgIpc) is 2.89. The Labute approximate surface area is 96.7 Å². The van der Waals surface area contributed by atoms with Gasteiger partial charge in [-0.05, 0) is 30.7 Å². The summed E-state index contributed by atoms with van der Waals surface area (Å²) in [5, 5.41) is 13.9. The maximum Gasteiger partial charge on any atom is 0.0943 e. The SMILES string of the molecule is OC(c1ccccc1)[C@@H]1CC2CCCC2N1. The van der Waals surface area contributed by atoms with Crippen molar-refractivity contribution in [3.05, 3.63) is 35.9 Å². The monoisotopic (exact) mass is 217 g/mol. The molecule has 1 saturated carbocycles. The van der Waals surface area contributed by atoms with Gasteiger partial charge in [-0.1, -0.05) is 36.8 Å². The third-order valence-corrected chi connectivity index (χ3v) is 4.17. The molecule has 86 valence electrons. The smallest absolute Gasteiger partial charge is 0.0943 e. The molecule has 3 rings (SSSR count). The standard InChI is InChI=1S/C14H19NO/c16-14(10-5-2-1-3-6-10)13-9-11-7-4-8-12(11)15-13/h1-3,5-6,11-16H,4,7-9H2/t11?,12?,13-,14?/m0/s1. The van der Waals surface area contributed by atoms with Crippen LogP contribution in [0.25, 0.3) is 0 Å². The lowest BCUT2D eigenvalue weighted by Crippen LogP contribution is -2.33. The number of fused-ring (bicyclic) bond motifs is 1. The van der Waals surface area contributed by atoms with Crippen LogP contribution in [-0.2, 0) is 0 Å². The van der Waals surface area contributed by atoms with Gasteiger partial charge in [-0.3, -0.25) is 0 Å². The highest BCUT2D eigenvalue weighted by molar-refractivity contribution is 5.19. The van der Waals surface area contributed by atoms with Gasteiger partial charge in [-0.2, -0.15) is 0 Å². The molecule has 2 heteroatoms. The van der Waals surface area contributed by atoms with Crippen molar-refractivity contribution in [2.24, 2.45) is 5.92 Å². The van der Waals surface area contributed by atoms with E-state index in [-0.39, 0.29) is 12.1 Å². The molecule has 0 bridgehead atoms. The Morgan fingerprint density at radius 2 is 2.00 bits per heavy atom. The molecule has 0 aromatic heterocycles. The zero-order valence-electron chi connectivity index (χ0n) is 9.47. The molecule has 2 fully saturated rings. The van der Waals surface area contributed by atoms with Crippen LogP contribution in [0.5, 0.6) is 0 Å². The second-order valence-corrected chi connectivity index (χ2v) is 5.16. The minimum absolute atomic E-state index is 0.262. The van der Waals surface area contributed by atoms with E-state index in [9.17, 15) is 5.11 Å². The lowest BCUT2D eigenvalue weighted by atomic mass is 9.96. The minimum Gasteiger partial charge on any atom is -0.387 e. The minimum atomic E-state index is -0.341. The maximum absolute atomic E-state index is 10.3.